The first-order valence-electron chi connectivity index (χ1n) is 21.6. The number of nitrogens with zero attached hydrogens (tertiary/aromatic N) is 5. The number of hydrogen-bond acceptors (Lipinski definition) is 13. The zero-order valence-corrected chi connectivity index (χ0v) is 35.9. The molecule has 0 aromatic heterocycles. The van der Waals surface area contributed by atoms with Gasteiger partial charge in [-0.2, -0.15) is 0 Å². The average Bonchev–Trinajstić information content (AvgIpc) is 3.95. The number of likely N-dealkylation sites (N-methyl/N-ethyl adjacent to an activating group) is 1. The molecule has 7 rings (SSSR count). The van der Waals surface area contributed by atoms with Crippen molar-refractivity contribution in [1.82, 2.24) is 25.3 Å². The zero-order valence-electron chi connectivity index (χ0n) is 35.9. The number of hydrogen-bond donors (Lipinski definition) is 4. The van der Waals surface area contributed by atoms with E-state index in [4.69, 9.17) is 16.1 Å². The van der Waals surface area contributed by atoms with Crippen molar-refractivity contribution in [2.24, 2.45) is 32.7 Å². The first-order valence-corrected chi connectivity index (χ1v) is 21.6. The van der Waals surface area contributed by atoms with E-state index in [9.17, 15) is 29.4 Å². The van der Waals surface area contributed by atoms with Gasteiger partial charge in [-0.05, 0) is 94.1 Å². The summed E-state index contributed by atoms with van der Waals surface area (Å²) in [7, 11) is 1.94. The summed E-state index contributed by atoms with van der Waals surface area (Å²) in [6, 6.07) is -2.50. The number of rotatable bonds is 14. The Kier molecular flexibility index (Phi) is 13.0. The number of amidine groups is 1. The fourth-order valence-electron chi connectivity index (χ4n) is 10.9. The van der Waals surface area contributed by atoms with Gasteiger partial charge in [-0.25, -0.2) is 9.79 Å². The highest BCUT2D eigenvalue weighted by Crippen LogP contribution is 2.62. The molecule has 2 saturated carbocycles. The van der Waals surface area contributed by atoms with Crippen molar-refractivity contribution < 1.29 is 38.9 Å². The molecule has 5 heterocycles. The van der Waals surface area contributed by atoms with Crippen LogP contribution in [0.1, 0.15) is 73.1 Å². The summed E-state index contributed by atoms with van der Waals surface area (Å²) in [6.07, 6.45) is 12.6. The fraction of sp³-hybridized carbons (Fsp3) is 0.644. The van der Waals surface area contributed by atoms with Gasteiger partial charge in [-0.15, -0.1) is 0 Å². The SMILES string of the molecule is C=C1C(NC(C)C(=O)N2CCOCC2)CC2[C@](C)(CC[C@@H](O)[C@@]2(C)CO)C1CC(NC(C)C(=O)CC1=NCC=N1)C1=C/C(=C\C2=CN3C(=O)C(CC)N(C)C3C=C2)OC1=O. The third-order valence-corrected chi connectivity index (χ3v) is 14.6. The smallest absolute Gasteiger partial charge is 0.341 e. The molecule has 2 aliphatic carbocycles. The number of carbonyl (C=O) groups is 4. The number of aliphatic hydroxyl groups is 2. The second-order valence-electron chi connectivity index (χ2n) is 18.2. The molecular formula is C45H63N7O8. The molecule has 11 atom stereocenters. The molecule has 2 amide bonds. The third-order valence-electron chi connectivity index (χ3n) is 14.6. The van der Waals surface area contributed by atoms with E-state index in [0.29, 0.717) is 87.7 Å². The zero-order chi connectivity index (χ0) is 43.1. The van der Waals surface area contributed by atoms with Crippen LogP contribution in [0, 0.1) is 22.7 Å². The molecule has 0 aromatic carbocycles. The monoisotopic (exact) mass is 829 g/mol. The molecule has 4 N–H and O–H groups in total. The van der Waals surface area contributed by atoms with Gasteiger partial charge in [0, 0.05) is 43.0 Å². The van der Waals surface area contributed by atoms with Crippen LogP contribution in [0.25, 0.3) is 0 Å². The highest BCUT2D eigenvalue weighted by molar-refractivity contribution is 6.07. The van der Waals surface area contributed by atoms with E-state index in [-0.39, 0.29) is 60.7 Å². The van der Waals surface area contributed by atoms with E-state index in [2.05, 4.69) is 27.5 Å². The van der Waals surface area contributed by atoms with E-state index in [1.165, 1.54) is 0 Å². The molecule has 15 nitrogen and oxygen atoms in total. The summed E-state index contributed by atoms with van der Waals surface area (Å²) in [5, 5.41) is 29.5. The number of allylic oxidation sites excluding steroid dienone is 4. The quantitative estimate of drug-likeness (QED) is 0.149. The molecule has 0 aromatic rings. The minimum atomic E-state index is -0.845. The van der Waals surface area contributed by atoms with Crippen LogP contribution in [-0.2, 0) is 28.7 Å². The number of amides is 2. The number of carbonyl (C=O) groups excluding carboxylic acids is 4. The predicted molar refractivity (Wildman–Crippen MR) is 226 cm³/mol. The summed E-state index contributed by atoms with van der Waals surface area (Å²) in [5.41, 5.74) is 0.588. The van der Waals surface area contributed by atoms with E-state index < -0.39 is 41.0 Å². The number of ether oxygens (including phenoxy) is 2. The Bertz CT molecular complexity index is 1930. The number of cyclic esters (lactones) is 1. The van der Waals surface area contributed by atoms with Crippen molar-refractivity contribution in [2.75, 3.05) is 46.5 Å². The summed E-state index contributed by atoms with van der Waals surface area (Å²) in [4.78, 5) is 68.7. The number of ketones is 1. The van der Waals surface area contributed by atoms with E-state index in [1.807, 2.05) is 49.8 Å². The van der Waals surface area contributed by atoms with Crippen LogP contribution in [0.2, 0.25) is 0 Å². The van der Waals surface area contributed by atoms with Gasteiger partial charge in [-0.1, -0.05) is 39.0 Å². The van der Waals surface area contributed by atoms with Gasteiger partial charge in [0.25, 0.3) is 0 Å². The number of aliphatic hydroxyl groups excluding tert-OH is 2. The number of esters is 1. The molecule has 0 bridgehead atoms. The highest BCUT2D eigenvalue weighted by atomic mass is 16.5. The van der Waals surface area contributed by atoms with E-state index in [1.54, 1.807) is 36.4 Å². The normalized spacial score (nSPS) is 35.2. The summed E-state index contributed by atoms with van der Waals surface area (Å²) < 4.78 is 11.4. The number of morpholine rings is 1. The van der Waals surface area contributed by atoms with Crippen LogP contribution in [0.4, 0.5) is 0 Å². The summed E-state index contributed by atoms with van der Waals surface area (Å²) in [5.74, 6) is -0.393. The van der Waals surface area contributed by atoms with Crippen LogP contribution in [-0.4, -0.2) is 150 Å². The number of aliphatic imine (C=N–C) groups is 2. The number of nitrogens with one attached hydrogen (secondary N) is 2. The van der Waals surface area contributed by atoms with Crippen molar-refractivity contribution in [3.63, 3.8) is 0 Å². The van der Waals surface area contributed by atoms with Crippen molar-refractivity contribution in [1.29, 1.82) is 0 Å². The van der Waals surface area contributed by atoms with Crippen LogP contribution < -0.4 is 10.6 Å². The topological polar surface area (TPSA) is 186 Å². The van der Waals surface area contributed by atoms with E-state index >= 15 is 0 Å². The minimum Gasteiger partial charge on any atom is -0.423 e. The molecule has 5 aliphatic heterocycles. The molecule has 4 fully saturated rings. The standard InChI is InChI=1S/C45H63N7O8/c1-8-35-42(57)52-24-29(9-10-40(52)50(35)7)19-30-20-31(43(58)60-30)34(48-27(3)36(54)23-39-46-13-14-47-39)21-32-26(2)33(49-28(4)41(56)51-15-17-59-18-16-51)22-37-44(32,5)12-11-38(55)45(37,6)25-53/h9-10,13,19-20,24,27-28,32-35,37-38,40,48-49,53,55H,2,8,11-12,14-18,21-23,25H2,1,3-7H3/b30-19+/t27?,28?,32?,33?,34?,35?,37?,38-,40?,44-,45+/m1/s1. The lowest BCUT2D eigenvalue weighted by Gasteiger charge is -2.62. The highest BCUT2D eigenvalue weighted by Gasteiger charge is 2.60. The molecule has 2 saturated heterocycles. The van der Waals surface area contributed by atoms with Crippen LogP contribution in [0.3, 0.4) is 0 Å². The van der Waals surface area contributed by atoms with E-state index in [0.717, 1.165) is 5.57 Å². The Morgan fingerprint density at radius 1 is 1.17 bits per heavy atom. The van der Waals surface area contributed by atoms with Crippen LogP contribution in [0.15, 0.2) is 69.5 Å². The van der Waals surface area contributed by atoms with Gasteiger partial charge in [0.15, 0.2) is 5.78 Å². The maximum Gasteiger partial charge on any atom is 0.341 e. The lowest BCUT2D eigenvalue weighted by atomic mass is 9.45. The Morgan fingerprint density at radius 3 is 2.60 bits per heavy atom. The van der Waals surface area contributed by atoms with Gasteiger partial charge in [0.2, 0.25) is 11.8 Å². The predicted octanol–water partition coefficient (Wildman–Crippen LogP) is 2.42. The van der Waals surface area contributed by atoms with Gasteiger partial charge >= 0.3 is 5.97 Å². The van der Waals surface area contributed by atoms with Gasteiger partial charge in [0.05, 0.1) is 62.6 Å². The molecular weight excluding hydrogens is 767 g/mol. The lowest BCUT2D eigenvalue weighted by molar-refractivity contribution is -0.157. The maximum absolute atomic E-state index is 14.0. The Hall–Kier alpha value is -4.12. The lowest BCUT2D eigenvalue weighted by Crippen LogP contribution is -2.63. The average molecular weight is 830 g/mol. The van der Waals surface area contributed by atoms with Gasteiger partial charge in [-0.3, -0.25) is 34.5 Å². The fourth-order valence-corrected chi connectivity index (χ4v) is 10.9. The van der Waals surface area contributed by atoms with Crippen molar-refractivity contribution >= 4 is 35.6 Å². The molecule has 0 radical (unpaired) electrons. The Labute approximate surface area is 353 Å². The first kappa shape index (κ1) is 44.0. The molecule has 15 heteroatoms. The van der Waals surface area contributed by atoms with Crippen molar-refractivity contribution in [3.8, 4) is 0 Å². The van der Waals surface area contributed by atoms with Crippen molar-refractivity contribution in [3.05, 3.63) is 59.6 Å². The molecule has 326 valence electrons. The molecule has 0 spiro atoms. The maximum atomic E-state index is 14.0. The van der Waals surface area contributed by atoms with Crippen LogP contribution >= 0.6 is 0 Å². The Balaban J connectivity index is 1.22. The van der Waals surface area contributed by atoms with Gasteiger partial charge in [0.1, 0.15) is 17.8 Å². The summed E-state index contributed by atoms with van der Waals surface area (Å²) in [6.45, 7) is 16.7. The molecule has 60 heavy (non-hydrogen) atoms. The molecule has 8 unspecified atom stereocenters. The van der Waals surface area contributed by atoms with Crippen LogP contribution in [0.5, 0.6) is 0 Å². The second kappa shape index (κ2) is 17.7. The second-order valence-corrected chi connectivity index (χ2v) is 18.2. The summed E-state index contributed by atoms with van der Waals surface area (Å²) >= 11 is 0. The largest absolute Gasteiger partial charge is 0.423 e. The number of fused-ring (bicyclic) bond motifs is 2. The van der Waals surface area contributed by atoms with Crippen molar-refractivity contribution in [2.45, 2.75) is 116 Å². The first-order chi connectivity index (χ1) is 28.6. The molecule has 7 aliphatic rings. The Morgan fingerprint density at radius 2 is 1.92 bits per heavy atom. The third kappa shape index (κ3) is 8.28. The van der Waals surface area contributed by atoms with Gasteiger partial charge < -0.3 is 29.9 Å². The minimum absolute atomic E-state index is 0.0155. The number of Topliss-reactive ketones (excluding diaryl/α,β-unsaturated/α-hetero) is 1.